The Morgan fingerprint density at radius 2 is 0.676 bits per heavy atom. The number of hydrogen-bond donors (Lipinski definition) is 0. The maximum atomic E-state index is 11.7. The van der Waals surface area contributed by atoms with Gasteiger partial charge in [0.25, 0.3) is 0 Å². The molecule has 0 atom stereocenters. The number of ether oxygens (including phenoxy) is 2. The molecule has 34 heavy (non-hydrogen) atoms. The first-order valence-corrected chi connectivity index (χ1v) is 14.0. The first-order valence-electron chi connectivity index (χ1n) is 14.0. The fourth-order valence-corrected chi connectivity index (χ4v) is 3.90. The number of esters is 2. The van der Waals surface area contributed by atoms with Crippen LogP contribution >= 0.6 is 0 Å². The molecule has 0 aromatic rings. The topological polar surface area (TPSA) is 52.6 Å². The number of rotatable bonds is 25. The first kappa shape index (κ1) is 39.5. The van der Waals surface area contributed by atoms with E-state index in [1.807, 2.05) is 0 Å². The van der Waals surface area contributed by atoms with E-state index in [-0.39, 0.29) is 86.7 Å². The summed E-state index contributed by atoms with van der Waals surface area (Å²) in [4.78, 5) is 23.5. The van der Waals surface area contributed by atoms with Crippen LogP contribution in [0.1, 0.15) is 158 Å². The Morgan fingerprint density at radius 3 is 0.941 bits per heavy atom. The average molecular weight is 503 g/mol. The Bertz CT molecular complexity index is 392. The standard InChI is InChI=1S/C28H54O4.2Na.2H/c1-3-5-7-9-11-13-15-17-19-21-25-31-27(29)23-24-28(30)32-26-22-20-18-16-14-12-10-8-6-4-2;;;;/h3-26H2,1-2H3;;;;/q;2*+1;2*-1. The monoisotopic (exact) mass is 502 g/mol. The third-order valence-electron chi connectivity index (χ3n) is 6.06. The van der Waals surface area contributed by atoms with Crippen molar-refractivity contribution in [2.45, 2.75) is 155 Å². The molecular weight excluding hydrogens is 446 g/mol. The van der Waals surface area contributed by atoms with Gasteiger partial charge in [-0.15, -0.1) is 0 Å². The summed E-state index contributed by atoms with van der Waals surface area (Å²) < 4.78 is 10.5. The molecule has 0 fully saturated rings. The van der Waals surface area contributed by atoms with Crippen molar-refractivity contribution >= 4 is 11.9 Å². The van der Waals surface area contributed by atoms with E-state index in [4.69, 9.17) is 9.47 Å². The average Bonchev–Trinajstić information content (AvgIpc) is 2.79. The summed E-state index contributed by atoms with van der Waals surface area (Å²) in [5.74, 6) is -0.561. The van der Waals surface area contributed by atoms with Gasteiger partial charge in [0.15, 0.2) is 0 Å². The maximum Gasteiger partial charge on any atom is 1.00 e. The Labute approximate surface area is 259 Å². The summed E-state index contributed by atoms with van der Waals surface area (Å²) in [6.07, 6.45) is 25.5. The predicted octanol–water partition coefficient (Wildman–Crippen LogP) is 2.93. The van der Waals surface area contributed by atoms with E-state index in [2.05, 4.69) is 13.8 Å². The van der Waals surface area contributed by atoms with E-state index in [1.165, 1.54) is 103 Å². The number of unbranched alkanes of at least 4 members (excludes halogenated alkanes) is 18. The molecule has 0 N–H and O–H groups in total. The second-order valence-corrected chi connectivity index (χ2v) is 9.30. The molecule has 0 radical (unpaired) electrons. The van der Waals surface area contributed by atoms with Crippen LogP contribution in [0.4, 0.5) is 0 Å². The van der Waals surface area contributed by atoms with Crippen LogP contribution < -0.4 is 59.1 Å². The van der Waals surface area contributed by atoms with Crippen molar-refractivity contribution in [3.63, 3.8) is 0 Å². The van der Waals surface area contributed by atoms with Gasteiger partial charge in [0, 0.05) is 0 Å². The minimum absolute atomic E-state index is 0. The Hall–Kier alpha value is 0.940. The van der Waals surface area contributed by atoms with Gasteiger partial charge in [-0.1, -0.05) is 129 Å². The van der Waals surface area contributed by atoms with Crippen molar-refractivity contribution in [2.75, 3.05) is 13.2 Å². The van der Waals surface area contributed by atoms with Gasteiger partial charge in [-0.05, 0) is 12.8 Å². The van der Waals surface area contributed by atoms with Crippen molar-refractivity contribution in [1.82, 2.24) is 0 Å². The van der Waals surface area contributed by atoms with Gasteiger partial charge in [0.2, 0.25) is 0 Å². The summed E-state index contributed by atoms with van der Waals surface area (Å²) in [6.45, 7) is 5.45. The summed E-state index contributed by atoms with van der Waals surface area (Å²) in [5.41, 5.74) is 0. The molecule has 0 aromatic carbocycles. The molecule has 0 saturated heterocycles. The molecule has 0 aliphatic rings. The minimum atomic E-state index is -0.281. The van der Waals surface area contributed by atoms with Crippen LogP contribution in [0, 0.1) is 0 Å². The van der Waals surface area contributed by atoms with Gasteiger partial charge in [-0.3, -0.25) is 9.59 Å². The molecule has 0 bridgehead atoms. The molecule has 0 spiro atoms. The molecule has 0 aliphatic carbocycles. The molecular formula is C28H56Na2O4. The van der Waals surface area contributed by atoms with Gasteiger partial charge in [0.05, 0.1) is 26.1 Å². The number of carbonyl (C=O) groups excluding carboxylic acids is 2. The van der Waals surface area contributed by atoms with E-state index in [1.54, 1.807) is 0 Å². The molecule has 0 aromatic heterocycles. The van der Waals surface area contributed by atoms with Crippen molar-refractivity contribution in [2.24, 2.45) is 0 Å². The molecule has 0 amide bonds. The smallest absolute Gasteiger partial charge is 1.00 e. The quantitative estimate of drug-likeness (QED) is 0.109. The van der Waals surface area contributed by atoms with Crippen LogP contribution in [0.5, 0.6) is 0 Å². The largest absolute Gasteiger partial charge is 1.00 e. The van der Waals surface area contributed by atoms with E-state index in [0.29, 0.717) is 13.2 Å². The van der Waals surface area contributed by atoms with E-state index >= 15 is 0 Å². The number of hydrogen-bond acceptors (Lipinski definition) is 4. The zero-order chi connectivity index (χ0) is 23.5. The molecule has 0 unspecified atom stereocenters. The van der Waals surface area contributed by atoms with Gasteiger partial charge < -0.3 is 12.3 Å². The van der Waals surface area contributed by atoms with Crippen molar-refractivity contribution in [1.29, 1.82) is 0 Å². The molecule has 0 saturated carbocycles. The van der Waals surface area contributed by atoms with Crippen LogP contribution in [0.15, 0.2) is 0 Å². The second-order valence-electron chi connectivity index (χ2n) is 9.30. The van der Waals surface area contributed by atoms with Crippen LogP contribution in [0.25, 0.3) is 0 Å². The van der Waals surface area contributed by atoms with E-state index in [0.717, 1.165) is 25.7 Å². The summed E-state index contributed by atoms with van der Waals surface area (Å²) in [6, 6.07) is 0. The van der Waals surface area contributed by atoms with Crippen LogP contribution in [0.2, 0.25) is 0 Å². The molecule has 4 nitrogen and oxygen atoms in total. The Morgan fingerprint density at radius 1 is 0.441 bits per heavy atom. The Balaban J connectivity index is -0.000000801. The van der Waals surface area contributed by atoms with Gasteiger partial charge in [-0.2, -0.15) is 0 Å². The Kier molecular flexibility index (Phi) is 39.4. The molecule has 0 aliphatic heterocycles. The van der Waals surface area contributed by atoms with Crippen molar-refractivity contribution < 1.29 is 81.0 Å². The van der Waals surface area contributed by atoms with Gasteiger partial charge >= 0.3 is 71.1 Å². The molecule has 194 valence electrons. The molecule has 0 heterocycles. The van der Waals surface area contributed by atoms with Crippen LogP contribution in [-0.2, 0) is 19.1 Å². The predicted molar refractivity (Wildman–Crippen MR) is 137 cm³/mol. The van der Waals surface area contributed by atoms with E-state index < -0.39 is 0 Å². The SMILES string of the molecule is CCCCCCCCCCCCOC(=O)CCC(=O)OCCCCCCCCCCCC.[H-].[H-].[Na+].[Na+]. The van der Waals surface area contributed by atoms with Crippen LogP contribution in [0.3, 0.4) is 0 Å². The van der Waals surface area contributed by atoms with E-state index in [9.17, 15) is 9.59 Å². The minimum Gasteiger partial charge on any atom is -1.00 e. The summed E-state index contributed by atoms with van der Waals surface area (Å²) in [7, 11) is 0. The fraction of sp³-hybridized carbons (Fsp3) is 0.929. The van der Waals surface area contributed by atoms with Crippen LogP contribution in [-0.4, -0.2) is 25.2 Å². The van der Waals surface area contributed by atoms with Gasteiger partial charge in [-0.25, -0.2) is 0 Å². The number of carbonyl (C=O) groups is 2. The molecule has 0 rings (SSSR count). The zero-order valence-electron chi connectivity index (χ0n) is 25.6. The first-order chi connectivity index (χ1) is 15.7. The zero-order valence-corrected chi connectivity index (χ0v) is 27.6. The maximum absolute atomic E-state index is 11.7. The second kappa shape index (κ2) is 33.9. The van der Waals surface area contributed by atoms with Crippen molar-refractivity contribution in [3.8, 4) is 0 Å². The third-order valence-corrected chi connectivity index (χ3v) is 6.06. The normalized spacial score (nSPS) is 10.3. The summed E-state index contributed by atoms with van der Waals surface area (Å²) in [5, 5.41) is 0. The molecule has 6 heteroatoms. The van der Waals surface area contributed by atoms with Crippen molar-refractivity contribution in [3.05, 3.63) is 0 Å². The third kappa shape index (κ3) is 32.9. The van der Waals surface area contributed by atoms with Gasteiger partial charge in [0.1, 0.15) is 0 Å². The summed E-state index contributed by atoms with van der Waals surface area (Å²) >= 11 is 0. The fourth-order valence-electron chi connectivity index (χ4n) is 3.90.